The molecule has 0 saturated carbocycles. The molecule has 0 saturated heterocycles. The van der Waals surface area contributed by atoms with E-state index in [0.717, 1.165) is 11.4 Å². The van der Waals surface area contributed by atoms with Crippen molar-refractivity contribution in [1.82, 2.24) is 0 Å². The molecule has 0 aliphatic carbocycles. The van der Waals surface area contributed by atoms with Crippen LogP contribution in [0.3, 0.4) is 0 Å². The molecule has 2 rings (SSSR count). The Labute approximate surface area is 95.4 Å². The molecule has 1 atom stereocenters. The normalized spacial score (nSPS) is 16.7. The molecule has 1 aromatic rings. The van der Waals surface area contributed by atoms with Crippen molar-refractivity contribution in [2.45, 2.75) is 19.9 Å². The first-order chi connectivity index (χ1) is 7.61. The van der Waals surface area contributed by atoms with Gasteiger partial charge in [-0.2, -0.15) is 0 Å². The molecule has 16 heavy (non-hydrogen) atoms. The molecule has 1 aromatic carbocycles. The first-order valence-electron chi connectivity index (χ1n) is 5.49. The van der Waals surface area contributed by atoms with Crippen LogP contribution in [0, 0.1) is 6.92 Å². The van der Waals surface area contributed by atoms with Gasteiger partial charge in [-0.25, -0.2) is 0 Å². The van der Waals surface area contributed by atoms with E-state index in [2.05, 4.69) is 16.3 Å². The quantitative estimate of drug-likeness (QED) is 0.783. The average molecular weight is 219 g/mol. The summed E-state index contributed by atoms with van der Waals surface area (Å²) in [4.78, 5) is 13.6. The van der Waals surface area contributed by atoms with Crippen LogP contribution in [0.2, 0.25) is 0 Å². The molecule has 0 aromatic heterocycles. The molecule has 3 N–H and O–H groups in total. The zero-order valence-corrected chi connectivity index (χ0v) is 9.66. The van der Waals surface area contributed by atoms with Crippen molar-refractivity contribution >= 4 is 17.3 Å². The van der Waals surface area contributed by atoms with Gasteiger partial charge in [0.2, 0.25) is 5.91 Å². The summed E-state index contributed by atoms with van der Waals surface area (Å²) < 4.78 is 0. The van der Waals surface area contributed by atoms with E-state index in [-0.39, 0.29) is 11.9 Å². The first kappa shape index (κ1) is 11.0. The van der Waals surface area contributed by atoms with Gasteiger partial charge in [0.05, 0.1) is 17.9 Å². The van der Waals surface area contributed by atoms with Crippen molar-refractivity contribution in [3.8, 4) is 0 Å². The van der Waals surface area contributed by atoms with E-state index in [1.807, 2.05) is 26.0 Å². The fourth-order valence-corrected chi connectivity index (χ4v) is 1.94. The zero-order chi connectivity index (χ0) is 11.7. The Morgan fingerprint density at radius 2 is 2.31 bits per heavy atom. The Kier molecular flexibility index (Phi) is 2.83. The third-order valence-corrected chi connectivity index (χ3v) is 2.92. The molecule has 1 aliphatic rings. The predicted octanol–water partition coefficient (Wildman–Crippen LogP) is 1.10. The van der Waals surface area contributed by atoms with Crippen LogP contribution in [0.5, 0.6) is 0 Å². The second-order valence-corrected chi connectivity index (χ2v) is 4.28. The van der Waals surface area contributed by atoms with Crippen molar-refractivity contribution in [2.75, 3.05) is 23.3 Å². The fraction of sp³-hybridized carbons (Fsp3) is 0.417. The fourth-order valence-electron chi connectivity index (χ4n) is 1.94. The number of nitrogens with two attached hydrogens (primary N) is 1. The SMILES string of the molecule is Cc1ccc2c(c1)N(C(C)CN)CC(=O)N2. The van der Waals surface area contributed by atoms with Gasteiger partial charge in [-0.1, -0.05) is 6.07 Å². The Morgan fingerprint density at radius 3 is 3.00 bits per heavy atom. The Bertz CT molecular complexity index is 417. The first-order valence-corrected chi connectivity index (χ1v) is 5.49. The number of hydrogen-bond donors (Lipinski definition) is 2. The number of fused-ring (bicyclic) bond motifs is 1. The van der Waals surface area contributed by atoms with Crippen LogP contribution in [0.25, 0.3) is 0 Å². The van der Waals surface area contributed by atoms with Crippen molar-refractivity contribution in [1.29, 1.82) is 0 Å². The third-order valence-electron chi connectivity index (χ3n) is 2.92. The van der Waals surface area contributed by atoms with Gasteiger partial charge in [0.1, 0.15) is 0 Å². The number of aryl methyl sites for hydroxylation is 1. The number of nitrogens with one attached hydrogen (secondary N) is 1. The number of carbonyl (C=O) groups is 1. The number of rotatable bonds is 2. The van der Waals surface area contributed by atoms with Crippen LogP contribution >= 0.6 is 0 Å². The standard InChI is InChI=1S/C12H17N3O/c1-8-3-4-10-11(5-8)15(9(2)6-13)7-12(16)14-10/h3-5,9H,6-7,13H2,1-2H3,(H,14,16). The van der Waals surface area contributed by atoms with Crippen molar-refractivity contribution in [2.24, 2.45) is 5.73 Å². The van der Waals surface area contributed by atoms with Gasteiger partial charge in [-0.05, 0) is 31.5 Å². The smallest absolute Gasteiger partial charge is 0.243 e. The molecule has 1 heterocycles. The van der Waals surface area contributed by atoms with E-state index in [0.29, 0.717) is 13.1 Å². The van der Waals surface area contributed by atoms with Gasteiger partial charge in [0.15, 0.2) is 0 Å². The molecule has 4 nitrogen and oxygen atoms in total. The van der Waals surface area contributed by atoms with Crippen LogP contribution in [0.4, 0.5) is 11.4 Å². The number of nitrogens with zero attached hydrogens (tertiary/aromatic N) is 1. The molecule has 4 heteroatoms. The predicted molar refractivity (Wildman–Crippen MR) is 65.7 cm³/mol. The largest absolute Gasteiger partial charge is 0.357 e. The van der Waals surface area contributed by atoms with Crippen molar-refractivity contribution in [3.05, 3.63) is 23.8 Å². The van der Waals surface area contributed by atoms with E-state index in [1.54, 1.807) is 0 Å². The zero-order valence-electron chi connectivity index (χ0n) is 9.66. The van der Waals surface area contributed by atoms with Crippen LogP contribution < -0.4 is 16.0 Å². The number of benzene rings is 1. The van der Waals surface area contributed by atoms with Crippen molar-refractivity contribution < 1.29 is 4.79 Å². The number of hydrogen-bond acceptors (Lipinski definition) is 3. The average Bonchev–Trinajstić information content (AvgIpc) is 2.27. The second-order valence-electron chi connectivity index (χ2n) is 4.28. The number of amides is 1. The highest BCUT2D eigenvalue weighted by atomic mass is 16.2. The van der Waals surface area contributed by atoms with Crippen LogP contribution in [-0.4, -0.2) is 25.0 Å². The second kappa shape index (κ2) is 4.14. The van der Waals surface area contributed by atoms with E-state index in [9.17, 15) is 4.79 Å². The Balaban J connectivity index is 2.43. The monoisotopic (exact) mass is 219 g/mol. The summed E-state index contributed by atoms with van der Waals surface area (Å²) in [5.41, 5.74) is 8.80. The van der Waals surface area contributed by atoms with Crippen LogP contribution in [0.15, 0.2) is 18.2 Å². The third kappa shape index (κ3) is 1.88. The molecular formula is C12H17N3O. The van der Waals surface area contributed by atoms with Gasteiger partial charge in [0.25, 0.3) is 0 Å². The van der Waals surface area contributed by atoms with Crippen LogP contribution in [-0.2, 0) is 4.79 Å². The van der Waals surface area contributed by atoms with Crippen molar-refractivity contribution in [3.63, 3.8) is 0 Å². The number of carbonyl (C=O) groups excluding carboxylic acids is 1. The minimum atomic E-state index is 0.0247. The highest BCUT2D eigenvalue weighted by Gasteiger charge is 2.24. The van der Waals surface area contributed by atoms with E-state index in [4.69, 9.17) is 5.73 Å². The summed E-state index contributed by atoms with van der Waals surface area (Å²) in [7, 11) is 0. The number of anilines is 2. The van der Waals surface area contributed by atoms with Gasteiger partial charge in [0, 0.05) is 12.6 Å². The summed E-state index contributed by atoms with van der Waals surface area (Å²) in [5.74, 6) is 0.0247. The van der Waals surface area contributed by atoms with E-state index >= 15 is 0 Å². The molecule has 1 unspecified atom stereocenters. The van der Waals surface area contributed by atoms with Gasteiger partial charge >= 0.3 is 0 Å². The lowest BCUT2D eigenvalue weighted by Crippen LogP contribution is -2.46. The summed E-state index contributed by atoms with van der Waals surface area (Å²) in [6.45, 7) is 5.00. The van der Waals surface area contributed by atoms with E-state index < -0.39 is 0 Å². The van der Waals surface area contributed by atoms with Gasteiger partial charge < -0.3 is 16.0 Å². The Morgan fingerprint density at radius 1 is 1.56 bits per heavy atom. The molecular weight excluding hydrogens is 202 g/mol. The maximum Gasteiger partial charge on any atom is 0.243 e. The molecule has 0 radical (unpaired) electrons. The minimum absolute atomic E-state index is 0.0247. The molecule has 1 aliphatic heterocycles. The topological polar surface area (TPSA) is 58.4 Å². The molecule has 86 valence electrons. The maximum absolute atomic E-state index is 11.5. The van der Waals surface area contributed by atoms with Gasteiger partial charge in [-0.15, -0.1) is 0 Å². The maximum atomic E-state index is 11.5. The highest BCUT2D eigenvalue weighted by Crippen LogP contribution is 2.31. The molecule has 0 spiro atoms. The van der Waals surface area contributed by atoms with Gasteiger partial charge in [-0.3, -0.25) is 4.79 Å². The summed E-state index contributed by atoms with van der Waals surface area (Å²) >= 11 is 0. The molecule has 0 fully saturated rings. The lowest BCUT2D eigenvalue weighted by Gasteiger charge is -2.35. The van der Waals surface area contributed by atoms with Crippen LogP contribution in [0.1, 0.15) is 12.5 Å². The Hall–Kier alpha value is -1.55. The summed E-state index contributed by atoms with van der Waals surface area (Å²) in [5, 5.41) is 2.87. The summed E-state index contributed by atoms with van der Waals surface area (Å²) in [6.07, 6.45) is 0. The minimum Gasteiger partial charge on any atom is -0.357 e. The lowest BCUT2D eigenvalue weighted by molar-refractivity contribution is -0.115. The summed E-state index contributed by atoms with van der Waals surface area (Å²) in [6, 6.07) is 6.20. The lowest BCUT2D eigenvalue weighted by atomic mass is 10.1. The molecule has 1 amide bonds. The van der Waals surface area contributed by atoms with E-state index in [1.165, 1.54) is 5.56 Å². The molecule has 0 bridgehead atoms. The highest BCUT2D eigenvalue weighted by molar-refractivity contribution is 6.01.